The van der Waals surface area contributed by atoms with E-state index in [1.54, 1.807) is 0 Å². The third kappa shape index (κ3) is 2.16. The average molecular weight is 187 g/mol. The van der Waals surface area contributed by atoms with E-state index in [0.29, 0.717) is 5.41 Å². The van der Waals surface area contributed by atoms with Crippen molar-refractivity contribution in [2.75, 3.05) is 6.54 Å². The van der Waals surface area contributed by atoms with E-state index in [1.165, 1.54) is 11.3 Å². The fraction of sp³-hybridized carbons (Fsp3) is 0.385. The lowest BCUT2D eigenvalue weighted by Crippen LogP contribution is -2.18. The lowest BCUT2D eigenvalue weighted by Gasteiger charge is -2.11. The summed E-state index contributed by atoms with van der Waals surface area (Å²) >= 11 is 0. The molecule has 0 radical (unpaired) electrons. The van der Waals surface area contributed by atoms with Crippen molar-refractivity contribution in [2.24, 2.45) is 5.41 Å². The van der Waals surface area contributed by atoms with Crippen molar-refractivity contribution in [3.8, 4) is 0 Å². The molecule has 14 heavy (non-hydrogen) atoms. The van der Waals surface area contributed by atoms with Crippen molar-refractivity contribution in [1.29, 1.82) is 0 Å². The molecule has 0 fully saturated rings. The predicted molar refractivity (Wildman–Crippen MR) is 60.0 cm³/mol. The van der Waals surface area contributed by atoms with Gasteiger partial charge in [0.05, 0.1) is 0 Å². The summed E-state index contributed by atoms with van der Waals surface area (Å²) in [6.07, 6.45) is 3.38. The molecule has 0 amide bonds. The van der Waals surface area contributed by atoms with Gasteiger partial charge >= 0.3 is 0 Å². The van der Waals surface area contributed by atoms with Crippen LogP contribution in [-0.4, -0.2) is 6.54 Å². The Labute approximate surface area is 85.8 Å². The summed E-state index contributed by atoms with van der Waals surface area (Å²) in [5, 5.41) is 3.46. The van der Waals surface area contributed by atoms with Gasteiger partial charge in [-0.05, 0) is 5.56 Å². The summed E-state index contributed by atoms with van der Waals surface area (Å²) in [5.41, 5.74) is 3.06. The maximum atomic E-state index is 3.46. The van der Waals surface area contributed by atoms with Crippen molar-refractivity contribution >= 4 is 0 Å². The molecule has 0 saturated heterocycles. The van der Waals surface area contributed by atoms with Gasteiger partial charge in [0.15, 0.2) is 0 Å². The van der Waals surface area contributed by atoms with Crippen molar-refractivity contribution in [3.63, 3.8) is 0 Å². The maximum absolute atomic E-state index is 3.46. The second kappa shape index (κ2) is 3.49. The predicted octanol–water partition coefficient (Wildman–Crippen LogP) is 2.74. The van der Waals surface area contributed by atoms with Gasteiger partial charge < -0.3 is 5.32 Å². The van der Waals surface area contributed by atoms with E-state index in [-0.39, 0.29) is 0 Å². The van der Waals surface area contributed by atoms with Crippen molar-refractivity contribution < 1.29 is 0 Å². The second-order valence-electron chi connectivity index (χ2n) is 4.67. The average Bonchev–Trinajstić information content (AvgIpc) is 2.47. The van der Waals surface area contributed by atoms with Crippen LogP contribution in [0.4, 0.5) is 0 Å². The van der Waals surface area contributed by atoms with Crippen LogP contribution in [0, 0.1) is 5.41 Å². The first kappa shape index (κ1) is 9.32. The largest absolute Gasteiger partial charge is 0.387 e. The molecule has 1 aromatic carbocycles. The molecule has 0 saturated carbocycles. The van der Waals surface area contributed by atoms with Crippen LogP contribution in [-0.2, 0) is 6.42 Å². The molecule has 1 N–H and O–H groups in total. The Morgan fingerprint density at radius 2 is 1.93 bits per heavy atom. The van der Waals surface area contributed by atoms with E-state index in [2.05, 4.69) is 55.6 Å². The summed E-state index contributed by atoms with van der Waals surface area (Å²) in [4.78, 5) is 0. The van der Waals surface area contributed by atoms with Gasteiger partial charge in [-0.3, -0.25) is 0 Å². The molecule has 2 rings (SSSR count). The van der Waals surface area contributed by atoms with E-state index in [0.717, 1.165) is 13.0 Å². The van der Waals surface area contributed by atoms with Crippen molar-refractivity contribution in [1.82, 2.24) is 5.32 Å². The monoisotopic (exact) mass is 187 g/mol. The molecule has 1 nitrogen and oxygen atoms in total. The zero-order valence-electron chi connectivity index (χ0n) is 8.88. The molecule has 1 aromatic rings. The number of rotatable bonds is 2. The minimum atomic E-state index is 0.324. The van der Waals surface area contributed by atoms with E-state index >= 15 is 0 Å². The first-order chi connectivity index (χ1) is 6.66. The van der Waals surface area contributed by atoms with Crippen LogP contribution in [0.25, 0.3) is 0 Å². The normalized spacial score (nSPS) is 18.9. The van der Waals surface area contributed by atoms with Crippen molar-refractivity contribution in [3.05, 3.63) is 47.7 Å². The van der Waals surface area contributed by atoms with Crippen LogP contribution in [0.3, 0.4) is 0 Å². The van der Waals surface area contributed by atoms with Crippen LogP contribution >= 0.6 is 0 Å². The van der Waals surface area contributed by atoms with Crippen LogP contribution in [0.1, 0.15) is 19.4 Å². The van der Waals surface area contributed by atoms with Gasteiger partial charge in [-0.2, -0.15) is 0 Å². The molecular formula is C13H17N. The van der Waals surface area contributed by atoms with Gasteiger partial charge in [-0.25, -0.2) is 0 Å². The zero-order chi connectivity index (χ0) is 10.0. The summed E-state index contributed by atoms with van der Waals surface area (Å²) in [5.74, 6) is 0. The second-order valence-corrected chi connectivity index (χ2v) is 4.67. The highest BCUT2D eigenvalue weighted by Crippen LogP contribution is 2.24. The first-order valence-electron chi connectivity index (χ1n) is 5.15. The molecule has 0 bridgehead atoms. The molecule has 1 heteroatoms. The molecule has 74 valence electrons. The highest BCUT2D eigenvalue weighted by atomic mass is 14.9. The molecular weight excluding hydrogens is 170 g/mol. The summed E-state index contributed by atoms with van der Waals surface area (Å²) in [7, 11) is 0. The van der Waals surface area contributed by atoms with Gasteiger partial charge in [0.25, 0.3) is 0 Å². The number of hydrogen-bond donors (Lipinski definition) is 1. The minimum absolute atomic E-state index is 0.324. The van der Waals surface area contributed by atoms with Gasteiger partial charge in [0.1, 0.15) is 0 Å². The lowest BCUT2D eigenvalue weighted by atomic mass is 9.95. The van der Waals surface area contributed by atoms with Crippen LogP contribution in [0.5, 0.6) is 0 Å². The maximum Gasteiger partial charge on any atom is 0.0230 e. The fourth-order valence-corrected chi connectivity index (χ4v) is 1.84. The molecule has 0 spiro atoms. The minimum Gasteiger partial charge on any atom is -0.387 e. The molecule has 1 aliphatic rings. The number of benzene rings is 1. The highest BCUT2D eigenvalue weighted by molar-refractivity contribution is 5.24. The molecule has 0 unspecified atom stereocenters. The zero-order valence-corrected chi connectivity index (χ0v) is 8.88. The Morgan fingerprint density at radius 3 is 2.50 bits per heavy atom. The standard InChI is InChI=1S/C13H17N/c1-13(2)9-12(14-10-13)8-11-6-4-3-5-7-11/h3-7,9,14H,8,10H2,1-2H3. The summed E-state index contributed by atoms with van der Waals surface area (Å²) in [6.45, 7) is 5.59. The third-order valence-corrected chi connectivity index (χ3v) is 2.57. The van der Waals surface area contributed by atoms with E-state index < -0.39 is 0 Å². The van der Waals surface area contributed by atoms with Crippen LogP contribution < -0.4 is 5.32 Å². The summed E-state index contributed by atoms with van der Waals surface area (Å²) in [6, 6.07) is 10.6. The molecule has 0 aliphatic carbocycles. The number of hydrogen-bond acceptors (Lipinski definition) is 1. The topological polar surface area (TPSA) is 12.0 Å². The molecule has 1 aliphatic heterocycles. The molecule has 1 heterocycles. The Morgan fingerprint density at radius 1 is 1.21 bits per heavy atom. The summed E-state index contributed by atoms with van der Waals surface area (Å²) < 4.78 is 0. The Hall–Kier alpha value is -1.24. The highest BCUT2D eigenvalue weighted by Gasteiger charge is 2.21. The fourth-order valence-electron chi connectivity index (χ4n) is 1.84. The van der Waals surface area contributed by atoms with E-state index in [1.807, 2.05) is 0 Å². The third-order valence-electron chi connectivity index (χ3n) is 2.57. The van der Waals surface area contributed by atoms with Gasteiger partial charge in [0, 0.05) is 24.1 Å². The SMILES string of the molecule is CC1(C)C=C(Cc2ccccc2)NC1. The number of nitrogens with one attached hydrogen (secondary N) is 1. The lowest BCUT2D eigenvalue weighted by molar-refractivity contribution is 0.495. The Bertz CT molecular complexity index is 336. The Kier molecular flexibility index (Phi) is 2.32. The quantitative estimate of drug-likeness (QED) is 0.750. The van der Waals surface area contributed by atoms with Crippen LogP contribution in [0.15, 0.2) is 42.1 Å². The number of allylic oxidation sites excluding steroid dienone is 1. The first-order valence-corrected chi connectivity index (χ1v) is 5.15. The van der Waals surface area contributed by atoms with Crippen LogP contribution in [0.2, 0.25) is 0 Å². The van der Waals surface area contributed by atoms with Gasteiger partial charge in [-0.15, -0.1) is 0 Å². The van der Waals surface area contributed by atoms with E-state index in [4.69, 9.17) is 0 Å². The van der Waals surface area contributed by atoms with Gasteiger partial charge in [0.2, 0.25) is 0 Å². The van der Waals surface area contributed by atoms with Gasteiger partial charge in [-0.1, -0.05) is 50.3 Å². The van der Waals surface area contributed by atoms with Crippen molar-refractivity contribution in [2.45, 2.75) is 20.3 Å². The smallest absolute Gasteiger partial charge is 0.0230 e. The molecule has 0 atom stereocenters. The molecule has 0 aromatic heterocycles. The Balaban J connectivity index is 2.07. The van der Waals surface area contributed by atoms with E-state index in [9.17, 15) is 0 Å².